The van der Waals surface area contributed by atoms with E-state index in [4.69, 9.17) is 27.9 Å². The van der Waals surface area contributed by atoms with E-state index in [2.05, 4.69) is 5.32 Å². The number of esters is 1. The second kappa shape index (κ2) is 7.99. The predicted molar refractivity (Wildman–Crippen MR) is 89.7 cm³/mol. The second-order valence-corrected chi connectivity index (χ2v) is 5.80. The van der Waals surface area contributed by atoms with E-state index in [0.717, 1.165) is 5.56 Å². The van der Waals surface area contributed by atoms with Crippen molar-refractivity contribution in [2.75, 3.05) is 6.61 Å². The van der Waals surface area contributed by atoms with E-state index in [1.54, 1.807) is 30.3 Å². The summed E-state index contributed by atoms with van der Waals surface area (Å²) in [6.45, 7) is 1.48. The first-order valence-electron chi connectivity index (χ1n) is 6.93. The molecule has 1 N–H and O–H groups in total. The minimum absolute atomic E-state index is 0.218. The summed E-state index contributed by atoms with van der Waals surface area (Å²) >= 11 is 11.6. The van der Waals surface area contributed by atoms with Gasteiger partial charge in [0.15, 0.2) is 6.61 Å². The summed E-state index contributed by atoms with van der Waals surface area (Å²) in [7, 11) is 0. The number of hydrogen-bond donors (Lipinski definition) is 1. The maximum atomic E-state index is 11.9. The minimum atomic E-state index is -0.596. The zero-order valence-corrected chi connectivity index (χ0v) is 13.9. The van der Waals surface area contributed by atoms with E-state index in [9.17, 15) is 9.59 Å². The first kappa shape index (κ1) is 17.3. The Labute approximate surface area is 144 Å². The topological polar surface area (TPSA) is 55.4 Å². The molecule has 0 bridgehead atoms. The lowest BCUT2D eigenvalue weighted by Crippen LogP contribution is -2.31. The zero-order chi connectivity index (χ0) is 16.8. The number of hydrogen-bond acceptors (Lipinski definition) is 3. The smallest absolute Gasteiger partial charge is 0.338 e. The van der Waals surface area contributed by atoms with Crippen LogP contribution in [0.15, 0.2) is 48.5 Å². The van der Waals surface area contributed by atoms with Crippen LogP contribution in [0, 0.1) is 0 Å². The van der Waals surface area contributed by atoms with E-state index < -0.39 is 5.97 Å². The van der Waals surface area contributed by atoms with Crippen molar-refractivity contribution in [2.24, 2.45) is 0 Å². The van der Waals surface area contributed by atoms with Crippen LogP contribution in [0.5, 0.6) is 0 Å². The van der Waals surface area contributed by atoms with Gasteiger partial charge >= 0.3 is 5.97 Å². The van der Waals surface area contributed by atoms with Gasteiger partial charge < -0.3 is 10.1 Å². The van der Waals surface area contributed by atoms with Gasteiger partial charge in [-0.15, -0.1) is 0 Å². The summed E-state index contributed by atoms with van der Waals surface area (Å²) in [5.41, 5.74) is 1.21. The van der Waals surface area contributed by atoms with Crippen LogP contribution in [0.2, 0.25) is 10.0 Å². The van der Waals surface area contributed by atoms with Gasteiger partial charge in [-0.3, -0.25) is 4.79 Å². The summed E-state index contributed by atoms with van der Waals surface area (Å²) in [5, 5.41) is 3.81. The molecule has 0 unspecified atom stereocenters. The fourth-order valence-electron chi connectivity index (χ4n) is 1.95. The lowest BCUT2D eigenvalue weighted by Gasteiger charge is -2.14. The average molecular weight is 352 g/mol. The van der Waals surface area contributed by atoms with Gasteiger partial charge in [0, 0.05) is 10.0 Å². The molecule has 2 rings (SSSR count). The van der Waals surface area contributed by atoms with Crippen LogP contribution in [-0.2, 0) is 9.53 Å². The molecule has 0 heterocycles. The lowest BCUT2D eigenvalue weighted by atomic mass is 10.1. The van der Waals surface area contributed by atoms with Crippen molar-refractivity contribution in [2.45, 2.75) is 13.0 Å². The standard InChI is InChI=1S/C17H15Cl2NO3/c1-11(12-5-7-14(18)8-6-12)20-16(21)10-23-17(22)13-3-2-4-15(19)9-13/h2-9,11H,10H2,1H3,(H,20,21)/t11-/m1/s1. The van der Waals surface area contributed by atoms with Gasteiger partial charge in [-0.1, -0.05) is 41.4 Å². The zero-order valence-electron chi connectivity index (χ0n) is 12.4. The van der Waals surface area contributed by atoms with Crippen molar-refractivity contribution in [3.05, 3.63) is 69.7 Å². The summed E-state index contributed by atoms with van der Waals surface area (Å²) in [4.78, 5) is 23.7. The maximum Gasteiger partial charge on any atom is 0.338 e. The minimum Gasteiger partial charge on any atom is -0.452 e. The molecule has 0 saturated heterocycles. The van der Waals surface area contributed by atoms with Gasteiger partial charge in [0.05, 0.1) is 11.6 Å². The molecule has 0 saturated carbocycles. The van der Waals surface area contributed by atoms with Crippen LogP contribution in [0.3, 0.4) is 0 Å². The Morgan fingerprint density at radius 2 is 1.78 bits per heavy atom. The highest BCUT2D eigenvalue weighted by Gasteiger charge is 2.13. The highest BCUT2D eigenvalue weighted by molar-refractivity contribution is 6.31. The Kier molecular flexibility index (Phi) is 6.02. The monoisotopic (exact) mass is 351 g/mol. The molecule has 1 atom stereocenters. The number of ether oxygens (including phenoxy) is 1. The molecule has 0 aliphatic rings. The largest absolute Gasteiger partial charge is 0.452 e. The predicted octanol–water partition coefficient (Wildman–Crippen LogP) is 4.03. The highest BCUT2D eigenvalue weighted by Crippen LogP contribution is 2.16. The van der Waals surface area contributed by atoms with Gasteiger partial charge in [0.1, 0.15) is 0 Å². The Bertz CT molecular complexity index is 701. The van der Waals surface area contributed by atoms with Crippen molar-refractivity contribution < 1.29 is 14.3 Å². The van der Waals surface area contributed by atoms with E-state index in [1.807, 2.05) is 19.1 Å². The Balaban J connectivity index is 1.85. The van der Waals surface area contributed by atoms with Crippen molar-refractivity contribution in [3.8, 4) is 0 Å². The molecular weight excluding hydrogens is 337 g/mol. The van der Waals surface area contributed by atoms with Gasteiger partial charge in [-0.2, -0.15) is 0 Å². The molecule has 120 valence electrons. The van der Waals surface area contributed by atoms with E-state index in [-0.39, 0.29) is 18.6 Å². The summed E-state index contributed by atoms with van der Waals surface area (Å²) < 4.78 is 4.97. The number of rotatable bonds is 5. The fraction of sp³-hybridized carbons (Fsp3) is 0.176. The molecule has 23 heavy (non-hydrogen) atoms. The Morgan fingerprint density at radius 1 is 1.09 bits per heavy atom. The number of carbonyl (C=O) groups is 2. The SMILES string of the molecule is C[C@@H](NC(=O)COC(=O)c1cccc(Cl)c1)c1ccc(Cl)cc1. The first-order chi connectivity index (χ1) is 11.0. The number of nitrogens with one attached hydrogen (secondary N) is 1. The fourth-order valence-corrected chi connectivity index (χ4v) is 2.26. The van der Waals surface area contributed by atoms with Gasteiger partial charge in [-0.25, -0.2) is 4.79 Å². The molecule has 0 spiro atoms. The number of amides is 1. The Hall–Kier alpha value is -2.04. The van der Waals surface area contributed by atoms with E-state index in [0.29, 0.717) is 15.6 Å². The van der Waals surface area contributed by atoms with Crippen molar-refractivity contribution in [1.29, 1.82) is 0 Å². The molecule has 4 nitrogen and oxygen atoms in total. The molecular formula is C17H15Cl2NO3. The molecule has 0 aliphatic carbocycles. The lowest BCUT2D eigenvalue weighted by molar-refractivity contribution is -0.124. The van der Waals surface area contributed by atoms with Crippen molar-refractivity contribution >= 4 is 35.1 Å². The summed E-state index contributed by atoms with van der Waals surface area (Å²) in [6, 6.07) is 13.3. The third-order valence-electron chi connectivity index (χ3n) is 3.14. The first-order valence-corrected chi connectivity index (χ1v) is 7.69. The van der Waals surface area contributed by atoms with Crippen LogP contribution in [0.4, 0.5) is 0 Å². The molecule has 0 aliphatic heterocycles. The molecule has 2 aromatic rings. The quantitative estimate of drug-likeness (QED) is 0.827. The summed E-state index contributed by atoms with van der Waals surface area (Å²) in [5.74, 6) is -0.982. The molecule has 2 aromatic carbocycles. The summed E-state index contributed by atoms with van der Waals surface area (Å²) in [6.07, 6.45) is 0. The number of halogens is 2. The van der Waals surface area contributed by atoms with Crippen molar-refractivity contribution in [1.82, 2.24) is 5.32 Å². The third-order valence-corrected chi connectivity index (χ3v) is 3.63. The molecule has 0 fully saturated rings. The molecule has 0 radical (unpaired) electrons. The van der Waals surface area contributed by atoms with Gasteiger partial charge in [0.25, 0.3) is 5.91 Å². The van der Waals surface area contributed by atoms with Crippen molar-refractivity contribution in [3.63, 3.8) is 0 Å². The van der Waals surface area contributed by atoms with Crippen LogP contribution in [0.1, 0.15) is 28.9 Å². The molecule has 6 heteroatoms. The van der Waals surface area contributed by atoms with Crippen LogP contribution in [-0.4, -0.2) is 18.5 Å². The maximum absolute atomic E-state index is 11.9. The van der Waals surface area contributed by atoms with Gasteiger partial charge in [0.2, 0.25) is 0 Å². The van der Waals surface area contributed by atoms with Crippen LogP contribution >= 0.6 is 23.2 Å². The third kappa shape index (κ3) is 5.27. The van der Waals surface area contributed by atoms with Crippen LogP contribution in [0.25, 0.3) is 0 Å². The molecule has 1 amide bonds. The van der Waals surface area contributed by atoms with Crippen LogP contribution < -0.4 is 5.32 Å². The second-order valence-electron chi connectivity index (χ2n) is 4.93. The Morgan fingerprint density at radius 3 is 2.43 bits per heavy atom. The van der Waals surface area contributed by atoms with Gasteiger partial charge in [-0.05, 0) is 42.8 Å². The number of carbonyl (C=O) groups excluding carboxylic acids is 2. The normalized spacial score (nSPS) is 11.6. The van der Waals surface area contributed by atoms with E-state index >= 15 is 0 Å². The number of benzene rings is 2. The van der Waals surface area contributed by atoms with E-state index in [1.165, 1.54) is 6.07 Å². The highest BCUT2D eigenvalue weighted by atomic mass is 35.5. The molecule has 0 aromatic heterocycles. The average Bonchev–Trinajstić information content (AvgIpc) is 2.53.